The molecule has 2 aromatic carbocycles. The summed E-state index contributed by atoms with van der Waals surface area (Å²) in [5, 5.41) is 19.0. The largest absolute Gasteiger partial charge is 0.464 e. The van der Waals surface area contributed by atoms with Gasteiger partial charge in [0.15, 0.2) is 17.0 Å². The van der Waals surface area contributed by atoms with E-state index in [-0.39, 0.29) is 24.6 Å². The van der Waals surface area contributed by atoms with Gasteiger partial charge in [-0.2, -0.15) is 9.97 Å². The first-order chi connectivity index (χ1) is 22.2. The zero-order valence-corrected chi connectivity index (χ0v) is 28.8. The quantitative estimate of drug-likeness (QED) is 0.119. The Morgan fingerprint density at radius 1 is 1.21 bits per heavy atom. The van der Waals surface area contributed by atoms with Crippen LogP contribution in [0.2, 0.25) is 0 Å². The van der Waals surface area contributed by atoms with Crippen molar-refractivity contribution in [2.45, 2.75) is 65.3 Å². The monoisotopic (exact) mass is 689 g/mol. The fourth-order valence-electron chi connectivity index (χ4n) is 5.32. The maximum Gasteiger partial charge on any atom is 0.323 e. The van der Waals surface area contributed by atoms with E-state index in [1.807, 2.05) is 57.2 Å². The summed E-state index contributed by atoms with van der Waals surface area (Å²) in [6, 6.07) is 12.2. The van der Waals surface area contributed by atoms with Gasteiger partial charge < -0.3 is 34.7 Å². The second-order valence-electron chi connectivity index (χ2n) is 12.7. The van der Waals surface area contributed by atoms with Gasteiger partial charge in [0.25, 0.3) is 0 Å². The molecular weight excluding hydrogens is 648 g/mol. The number of carbonyl (C=O) groups is 1. The summed E-state index contributed by atoms with van der Waals surface area (Å²) in [4.78, 5) is 25.8. The molecule has 0 radical (unpaired) electrons. The number of rotatable bonds is 12. The van der Waals surface area contributed by atoms with Crippen LogP contribution in [0.5, 0.6) is 5.75 Å². The number of nitrogens with zero attached hydrogens (tertiary/aromatic N) is 4. The van der Waals surface area contributed by atoms with Crippen LogP contribution in [-0.2, 0) is 30.6 Å². The predicted octanol–water partition coefficient (Wildman–Crippen LogP) is 4.72. The third-order valence-corrected chi connectivity index (χ3v) is 10.1. The van der Waals surface area contributed by atoms with Crippen LogP contribution in [0.3, 0.4) is 0 Å². The maximum absolute atomic E-state index is 15.1. The number of aliphatic hydroxyl groups is 1. The normalized spacial score (nSPS) is 22.6. The topological polar surface area (TPSA) is 168 Å². The number of fused-ring (bicyclic) bond motifs is 2. The number of benzene rings is 2. The van der Waals surface area contributed by atoms with Crippen molar-refractivity contribution in [3.05, 3.63) is 48.8 Å². The molecule has 16 heteroatoms. The molecule has 0 bridgehead atoms. The molecule has 1 aliphatic heterocycles. The van der Waals surface area contributed by atoms with Crippen molar-refractivity contribution in [3.63, 3.8) is 0 Å². The van der Waals surface area contributed by atoms with E-state index in [1.54, 1.807) is 20.0 Å². The highest BCUT2D eigenvalue weighted by atomic mass is 32.5. The number of hydrogen-bond acceptors (Lipinski definition) is 12. The fraction of sp³-hybridized carbons (Fsp3) is 0.484. The second kappa shape index (κ2) is 14.0. The summed E-state index contributed by atoms with van der Waals surface area (Å²) in [7, 11) is 1.67. The van der Waals surface area contributed by atoms with Crippen LogP contribution < -0.4 is 20.7 Å². The van der Waals surface area contributed by atoms with Crippen molar-refractivity contribution >= 4 is 58.1 Å². The number of carbonyl (C=O) groups excluding carboxylic acids is 1. The number of imidazole rings is 1. The lowest BCUT2D eigenvalue weighted by Crippen LogP contribution is -2.38. The van der Waals surface area contributed by atoms with Gasteiger partial charge in [0.05, 0.1) is 31.6 Å². The number of esters is 1. The number of alkyl halides is 1. The van der Waals surface area contributed by atoms with Crippen LogP contribution in [0.4, 0.5) is 16.2 Å². The summed E-state index contributed by atoms with van der Waals surface area (Å²) in [6.07, 6.45) is -3.41. The van der Waals surface area contributed by atoms with Crippen LogP contribution in [0.1, 0.15) is 40.8 Å². The van der Waals surface area contributed by atoms with Crippen LogP contribution in [0, 0.1) is 11.3 Å². The lowest BCUT2D eigenvalue weighted by Gasteiger charge is -2.29. The first kappa shape index (κ1) is 34.9. The molecule has 1 fully saturated rings. The Kier molecular flexibility index (Phi) is 10.3. The smallest absolute Gasteiger partial charge is 0.323 e. The third kappa shape index (κ3) is 7.82. The van der Waals surface area contributed by atoms with Gasteiger partial charge in [-0.05, 0) is 42.5 Å². The number of halogens is 1. The van der Waals surface area contributed by atoms with Crippen molar-refractivity contribution in [1.29, 1.82) is 0 Å². The van der Waals surface area contributed by atoms with Gasteiger partial charge in [0, 0.05) is 12.4 Å². The highest BCUT2D eigenvalue weighted by molar-refractivity contribution is 8.09. The molecule has 3 unspecified atom stereocenters. The molecule has 254 valence electrons. The summed E-state index contributed by atoms with van der Waals surface area (Å²) < 4.78 is 41.0. The van der Waals surface area contributed by atoms with Crippen LogP contribution in [-0.4, -0.2) is 75.3 Å². The standard InChI is InChI=1S/C31H41FN7O6PS/c1-17(32)23-25(40)22(44-28(23)39-16-35-24-26(34-6)36-30(33)37-27(24)39)14-43-46(47,38-18(2)29(41)42-15-31(3,4)5)45-21-13-9-11-19-10-7-8-12-20(19)21/h7-13,16-18,22-23,25,28,40H,14-15H2,1-6H3,(H,38,47)(H3,33,34,36,37)/t17-,18+,22?,23?,25-,28?,46-/m1/s1. The molecule has 0 spiro atoms. The number of ether oxygens (including phenoxy) is 2. The summed E-state index contributed by atoms with van der Waals surface area (Å²) in [5.41, 5.74) is 6.39. The van der Waals surface area contributed by atoms with E-state index in [0.29, 0.717) is 22.7 Å². The minimum atomic E-state index is -3.55. The molecule has 7 atom stereocenters. The zero-order chi connectivity index (χ0) is 34.1. The van der Waals surface area contributed by atoms with Gasteiger partial charge in [0.1, 0.15) is 30.3 Å². The lowest BCUT2D eigenvalue weighted by atomic mass is 9.95. The van der Waals surface area contributed by atoms with Crippen molar-refractivity contribution in [1.82, 2.24) is 24.6 Å². The van der Waals surface area contributed by atoms with E-state index in [2.05, 4.69) is 25.4 Å². The Labute approximate surface area is 277 Å². The van der Waals surface area contributed by atoms with E-state index >= 15 is 4.39 Å². The van der Waals surface area contributed by atoms with Gasteiger partial charge in [-0.1, -0.05) is 57.2 Å². The molecule has 1 aliphatic rings. The van der Waals surface area contributed by atoms with Gasteiger partial charge >= 0.3 is 12.6 Å². The highest BCUT2D eigenvalue weighted by Gasteiger charge is 2.49. The van der Waals surface area contributed by atoms with Gasteiger partial charge in [-0.25, -0.2) is 14.5 Å². The summed E-state index contributed by atoms with van der Waals surface area (Å²) >= 11 is 5.95. The van der Waals surface area contributed by atoms with Gasteiger partial charge in [-0.3, -0.25) is 9.36 Å². The molecule has 0 aliphatic carbocycles. The highest BCUT2D eigenvalue weighted by Crippen LogP contribution is 2.49. The number of hydrogen-bond donors (Lipinski definition) is 4. The molecule has 0 saturated carbocycles. The Morgan fingerprint density at radius 3 is 2.64 bits per heavy atom. The Morgan fingerprint density at radius 2 is 1.94 bits per heavy atom. The van der Waals surface area contributed by atoms with Crippen molar-refractivity contribution in [2.24, 2.45) is 11.3 Å². The SMILES string of the molecule is CNc1nc(N)nc2c1ncn2C1OC(CO[P@](=S)(N[C@@H](C)C(=O)OCC(C)(C)C)Oc2cccc3ccccc23)[C@@H](O)C1[C@@H](C)F. The predicted molar refractivity (Wildman–Crippen MR) is 181 cm³/mol. The van der Waals surface area contributed by atoms with E-state index in [9.17, 15) is 9.90 Å². The molecule has 4 aromatic rings. The number of nitrogens with two attached hydrogens (primary N) is 1. The average molecular weight is 690 g/mol. The number of anilines is 2. The van der Waals surface area contributed by atoms with Crippen LogP contribution >= 0.6 is 6.64 Å². The number of aliphatic hydroxyl groups excluding tert-OH is 1. The number of nitrogen functional groups attached to an aromatic ring is 1. The molecule has 1 saturated heterocycles. The third-order valence-electron chi connectivity index (χ3n) is 7.63. The van der Waals surface area contributed by atoms with Crippen LogP contribution in [0.25, 0.3) is 21.9 Å². The van der Waals surface area contributed by atoms with Gasteiger partial charge in [0.2, 0.25) is 5.95 Å². The average Bonchev–Trinajstić information content (AvgIpc) is 3.58. The summed E-state index contributed by atoms with van der Waals surface area (Å²) in [6.45, 7) is 5.18. The van der Waals surface area contributed by atoms with E-state index in [1.165, 1.54) is 17.8 Å². The van der Waals surface area contributed by atoms with Gasteiger partial charge in [-0.15, -0.1) is 0 Å². The summed E-state index contributed by atoms with van der Waals surface area (Å²) in [5.74, 6) is -0.734. The lowest BCUT2D eigenvalue weighted by molar-refractivity contribution is -0.148. The molecule has 5 N–H and O–H groups in total. The van der Waals surface area contributed by atoms with E-state index in [0.717, 1.165) is 10.8 Å². The molecule has 2 aromatic heterocycles. The molecule has 5 rings (SSSR count). The fourth-order valence-corrected chi connectivity index (χ4v) is 7.74. The first-order valence-corrected chi connectivity index (χ1v) is 17.9. The maximum atomic E-state index is 15.1. The molecule has 0 amide bonds. The van der Waals surface area contributed by atoms with Crippen LogP contribution in [0.15, 0.2) is 48.8 Å². The number of nitrogens with one attached hydrogen (secondary N) is 2. The molecule has 47 heavy (non-hydrogen) atoms. The molecule has 3 heterocycles. The van der Waals surface area contributed by atoms with Crippen molar-refractivity contribution in [3.8, 4) is 5.75 Å². The zero-order valence-electron chi connectivity index (χ0n) is 27.1. The molecular formula is C31H41FN7O6PS. The van der Waals surface area contributed by atoms with Crippen molar-refractivity contribution < 1.29 is 32.8 Å². The first-order valence-electron chi connectivity index (χ1n) is 15.2. The Bertz CT molecular complexity index is 1780. The van der Waals surface area contributed by atoms with E-state index in [4.69, 9.17) is 36.1 Å². The second-order valence-corrected chi connectivity index (χ2v) is 15.8. The molecule has 13 nitrogen and oxygen atoms in total. The Balaban J connectivity index is 1.41. The van der Waals surface area contributed by atoms with E-state index < -0.39 is 49.2 Å². The Hall–Kier alpha value is -3.46. The minimum Gasteiger partial charge on any atom is -0.464 e. The minimum absolute atomic E-state index is 0.0145. The van der Waals surface area contributed by atoms with Crippen molar-refractivity contribution in [2.75, 3.05) is 31.3 Å². The number of aromatic nitrogens is 4.